The third kappa shape index (κ3) is 3.74. The van der Waals surface area contributed by atoms with Crippen LogP contribution >= 0.6 is 11.6 Å². The van der Waals surface area contributed by atoms with E-state index in [0.717, 1.165) is 17.9 Å². The fourth-order valence-corrected chi connectivity index (χ4v) is 2.06. The van der Waals surface area contributed by atoms with Gasteiger partial charge in [-0.15, -0.1) is 11.6 Å². The summed E-state index contributed by atoms with van der Waals surface area (Å²) in [5.74, 6) is 1.45. The maximum atomic E-state index is 6.02. The quantitative estimate of drug-likeness (QED) is 0.830. The van der Waals surface area contributed by atoms with Gasteiger partial charge in [0.2, 0.25) is 0 Å². The number of halogens is 1. The number of nitrogens with one attached hydrogen (secondary N) is 1. The zero-order valence-electron chi connectivity index (χ0n) is 10.4. The molecule has 0 radical (unpaired) electrons. The summed E-state index contributed by atoms with van der Waals surface area (Å²) in [6, 6.07) is 16.5. The van der Waals surface area contributed by atoms with Crippen LogP contribution in [0.2, 0.25) is 0 Å². The predicted molar refractivity (Wildman–Crippen MR) is 77.3 cm³/mol. The normalized spacial score (nSPS) is 12.1. The van der Waals surface area contributed by atoms with Gasteiger partial charge in [-0.05, 0) is 31.0 Å². The van der Waals surface area contributed by atoms with E-state index in [2.05, 4.69) is 22.4 Å². The summed E-state index contributed by atoms with van der Waals surface area (Å²) < 4.78 is 0. The second kappa shape index (κ2) is 6.41. The number of aromatic nitrogens is 1. The Kier molecular flexibility index (Phi) is 4.59. The molecule has 2 aromatic rings. The van der Waals surface area contributed by atoms with Crippen LogP contribution in [0, 0.1) is 6.92 Å². The Labute approximate surface area is 113 Å². The number of hydrogen-bond acceptors (Lipinski definition) is 2. The molecule has 2 rings (SSSR count). The number of alkyl halides is 1. The Morgan fingerprint density at radius 1 is 1.11 bits per heavy atom. The van der Waals surface area contributed by atoms with Gasteiger partial charge in [0, 0.05) is 17.6 Å². The summed E-state index contributed by atoms with van der Waals surface area (Å²) in [6.07, 6.45) is 0.903. The lowest BCUT2D eigenvalue weighted by atomic mass is 10.1. The van der Waals surface area contributed by atoms with Crippen LogP contribution in [0.15, 0.2) is 48.5 Å². The zero-order chi connectivity index (χ0) is 12.8. The maximum absolute atomic E-state index is 6.02. The van der Waals surface area contributed by atoms with Gasteiger partial charge in [-0.1, -0.05) is 36.4 Å². The molecule has 0 saturated heterocycles. The molecule has 1 atom stereocenters. The van der Waals surface area contributed by atoms with Gasteiger partial charge in [0.1, 0.15) is 5.82 Å². The van der Waals surface area contributed by atoms with E-state index >= 15 is 0 Å². The van der Waals surface area contributed by atoms with Crippen LogP contribution in [0.3, 0.4) is 0 Å². The first-order valence-corrected chi connectivity index (χ1v) is 6.61. The van der Waals surface area contributed by atoms with Crippen LogP contribution in [0.5, 0.6) is 0 Å². The molecule has 0 saturated carbocycles. The third-order valence-corrected chi connectivity index (χ3v) is 3.12. The minimum absolute atomic E-state index is 0.198. The van der Waals surface area contributed by atoms with Gasteiger partial charge in [-0.3, -0.25) is 0 Å². The van der Waals surface area contributed by atoms with E-state index < -0.39 is 0 Å². The number of anilines is 1. The lowest BCUT2D eigenvalue weighted by Crippen LogP contribution is -2.24. The van der Waals surface area contributed by atoms with Gasteiger partial charge in [0.05, 0.1) is 0 Å². The smallest absolute Gasteiger partial charge is 0.126 e. The highest BCUT2D eigenvalue weighted by molar-refractivity contribution is 6.18. The molecule has 1 aromatic carbocycles. The SMILES string of the molecule is Cc1cccc(NC(CCl)Cc2ccccc2)n1. The van der Waals surface area contributed by atoms with Crippen LogP contribution in [0.1, 0.15) is 11.3 Å². The third-order valence-electron chi connectivity index (χ3n) is 2.75. The van der Waals surface area contributed by atoms with Crippen molar-refractivity contribution in [1.29, 1.82) is 0 Å². The van der Waals surface area contributed by atoms with E-state index in [1.807, 2.05) is 43.3 Å². The summed E-state index contributed by atoms with van der Waals surface area (Å²) in [5, 5.41) is 3.37. The Bertz CT molecular complexity index is 485. The van der Waals surface area contributed by atoms with E-state index in [0.29, 0.717) is 5.88 Å². The van der Waals surface area contributed by atoms with E-state index in [4.69, 9.17) is 11.6 Å². The number of pyridine rings is 1. The minimum atomic E-state index is 0.198. The zero-order valence-corrected chi connectivity index (χ0v) is 11.2. The second-order valence-corrected chi connectivity index (χ2v) is 4.66. The summed E-state index contributed by atoms with van der Waals surface area (Å²) >= 11 is 6.02. The first-order valence-electron chi connectivity index (χ1n) is 6.08. The number of aryl methyl sites for hydroxylation is 1. The molecule has 1 N–H and O–H groups in total. The van der Waals surface area contributed by atoms with Gasteiger partial charge >= 0.3 is 0 Å². The van der Waals surface area contributed by atoms with Gasteiger partial charge in [-0.2, -0.15) is 0 Å². The molecule has 0 spiro atoms. The molecule has 1 unspecified atom stereocenters. The molecule has 0 aliphatic heterocycles. The molecule has 2 nitrogen and oxygen atoms in total. The lowest BCUT2D eigenvalue weighted by Gasteiger charge is -2.17. The predicted octanol–water partition coefficient (Wildman–Crippen LogP) is 3.65. The Balaban J connectivity index is 2.01. The van der Waals surface area contributed by atoms with E-state index in [-0.39, 0.29) is 6.04 Å². The monoisotopic (exact) mass is 260 g/mol. The van der Waals surface area contributed by atoms with Crippen LogP contribution in [-0.4, -0.2) is 16.9 Å². The Morgan fingerprint density at radius 3 is 2.56 bits per heavy atom. The summed E-state index contributed by atoms with van der Waals surface area (Å²) in [4.78, 5) is 4.43. The van der Waals surface area contributed by atoms with Crippen molar-refractivity contribution in [3.05, 3.63) is 59.8 Å². The molecular weight excluding hydrogens is 244 g/mol. The summed E-state index contributed by atoms with van der Waals surface area (Å²) in [7, 11) is 0. The fourth-order valence-electron chi connectivity index (χ4n) is 1.88. The second-order valence-electron chi connectivity index (χ2n) is 4.35. The first-order chi connectivity index (χ1) is 8.78. The highest BCUT2D eigenvalue weighted by Crippen LogP contribution is 2.11. The fraction of sp³-hybridized carbons (Fsp3) is 0.267. The van der Waals surface area contributed by atoms with E-state index in [1.54, 1.807) is 0 Å². The maximum Gasteiger partial charge on any atom is 0.126 e. The van der Waals surface area contributed by atoms with Crippen molar-refractivity contribution in [2.75, 3.05) is 11.2 Å². The Hall–Kier alpha value is -1.54. The molecule has 1 aromatic heterocycles. The van der Waals surface area contributed by atoms with Crippen molar-refractivity contribution in [2.24, 2.45) is 0 Å². The average molecular weight is 261 g/mol. The van der Waals surface area contributed by atoms with Gasteiger partial charge in [0.15, 0.2) is 0 Å². The van der Waals surface area contributed by atoms with Crippen molar-refractivity contribution < 1.29 is 0 Å². The number of rotatable bonds is 5. The molecule has 94 valence electrons. The molecule has 18 heavy (non-hydrogen) atoms. The molecule has 1 heterocycles. The number of nitrogens with zero attached hydrogens (tertiary/aromatic N) is 1. The summed E-state index contributed by atoms with van der Waals surface area (Å²) in [5.41, 5.74) is 2.29. The highest BCUT2D eigenvalue weighted by atomic mass is 35.5. The molecule has 0 bridgehead atoms. The molecule has 0 amide bonds. The number of benzene rings is 1. The standard InChI is InChI=1S/C15H17ClN2/c1-12-6-5-9-15(17-12)18-14(11-16)10-13-7-3-2-4-8-13/h2-9,14H,10-11H2,1H3,(H,17,18). The molecular formula is C15H17ClN2. The molecule has 0 fully saturated rings. The topological polar surface area (TPSA) is 24.9 Å². The first kappa shape index (κ1) is 12.9. The average Bonchev–Trinajstić information content (AvgIpc) is 2.39. The van der Waals surface area contributed by atoms with Crippen LogP contribution in [0.25, 0.3) is 0 Å². The lowest BCUT2D eigenvalue weighted by molar-refractivity contribution is 0.790. The van der Waals surface area contributed by atoms with Crippen LogP contribution < -0.4 is 5.32 Å². The summed E-state index contributed by atoms with van der Waals surface area (Å²) in [6.45, 7) is 1.98. The minimum Gasteiger partial charge on any atom is -0.366 e. The Morgan fingerprint density at radius 2 is 1.89 bits per heavy atom. The van der Waals surface area contributed by atoms with Crippen molar-refractivity contribution >= 4 is 17.4 Å². The van der Waals surface area contributed by atoms with Gasteiger partial charge in [-0.25, -0.2) is 4.98 Å². The van der Waals surface area contributed by atoms with Crippen molar-refractivity contribution in [2.45, 2.75) is 19.4 Å². The van der Waals surface area contributed by atoms with Gasteiger partial charge in [0.25, 0.3) is 0 Å². The molecule has 0 aliphatic carbocycles. The molecule has 3 heteroatoms. The van der Waals surface area contributed by atoms with Crippen LogP contribution in [-0.2, 0) is 6.42 Å². The highest BCUT2D eigenvalue weighted by Gasteiger charge is 2.08. The number of hydrogen-bond donors (Lipinski definition) is 1. The van der Waals surface area contributed by atoms with Crippen molar-refractivity contribution in [3.8, 4) is 0 Å². The van der Waals surface area contributed by atoms with E-state index in [1.165, 1.54) is 5.56 Å². The molecule has 0 aliphatic rings. The van der Waals surface area contributed by atoms with Crippen molar-refractivity contribution in [3.63, 3.8) is 0 Å². The van der Waals surface area contributed by atoms with Crippen molar-refractivity contribution in [1.82, 2.24) is 4.98 Å². The van der Waals surface area contributed by atoms with E-state index in [9.17, 15) is 0 Å². The van der Waals surface area contributed by atoms with Crippen LogP contribution in [0.4, 0.5) is 5.82 Å². The van der Waals surface area contributed by atoms with Gasteiger partial charge < -0.3 is 5.32 Å². The largest absolute Gasteiger partial charge is 0.366 e.